The third-order valence-electron chi connectivity index (χ3n) is 2.98. The largest absolute Gasteiger partial charge is 0.380 e. The van der Waals surface area contributed by atoms with E-state index in [1.54, 1.807) is 0 Å². The summed E-state index contributed by atoms with van der Waals surface area (Å²) in [6.45, 7) is 18.3. The second-order valence-corrected chi connectivity index (χ2v) is 4.08. The van der Waals surface area contributed by atoms with Gasteiger partial charge in [-0.15, -0.1) is 0 Å². The molecule has 0 atom stereocenters. The molecular formula is C14H32N2O2. The lowest BCUT2D eigenvalue weighted by Crippen LogP contribution is -2.48. The molecule has 0 aromatic heterocycles. The van der Waals surface area contributed by atoms with Gasteiger partial charge in [-0.3, -0.25) is 9.80 Å². The van der Waals surface area contributed by atoms with Gasteiger partial charge in [0, 0.05) is 52.5 Å². The van der Waals surface area contributed by atoms with Gasteiger partial charge in [-0.25, -0.2) is 0 Å². The van der Waals surface area contributed by atoms with Crippen molar-refractivity contribution >= 4 is 0 Å². The highest BCUT2D eigenvalue weighted by Gasteiger charge is 2.15. The molecule has 0 amide bonds. The van der Waals surface area contributed by atoms with Gasteiger partial charge in [0.1, 0.15) is 0 Å². The van der Waals surface area contributed by atoms with E-state index in [0.717, 1.165) is 39.5 Å². The Kier molecular flexibility index (Phi) is 13.2. The van der Waals surface area contributed by atoms with Gasteiger partial charge in [0.2, 0.25) is 0 Å². The lowest BCUT2D eigenvalue weighted by molar-refractivity contribution is 0.0619. The van der Waals surface area contributed by atoms with Crippen molar-refractivity contribution in [2.24, 2.45) is 0 Å². The molecule has 4 heteroatoms. The number of ether oxygens (including phenoxy) is 2. The van der Waals surface area contributed by atoms with Crippen LogP contribution in [-0.4, -0.2) is 75.5 Å². The lowest BCUT2D eigenvalue weighted by atomic mass is 10.3. The average Bonchev–Trinajstić information content (AvgIpc) is 2.43. The highest BCUT2D eigenvalue weighted by atomic mass is 16.5. The molecule has 1 heterocycles. The van der Waals surface area contributed by atoms with E-state index in [4.69, 9.17) is 9.47 Å². The van der Waals surface area contributed by atoms with Crippen LogP contribution < -0.4 is 0 Å². The SMILES string of the molecule is CC.CCOCCN1CCN(CCOCC)CC1. The molecule has 1 aliphatic rings. The number of nitrogens with zero attached hydrogens (tertiary/aromatic N) is 2. The maximum absolute atomic E-state index is 5.37. The first-order valence-electron chi connectivity index (χ1n) is 7.47. The monoisotopic (exact) mass is 260 g/mol. The molecule has 1 fully saturated rings. The van der Waals surface area contributed by atoms with Gasteiger partial charge in [-0.05, 0) is 13.8 Å². The summed E-state index contributed by atoms with van der Waals surface area (Å²) in [5.41, 5.74) is 0. The zero-order valence-corrected chi connectivity index (χ0v) is 12.8. The van der Waals surface area contributed by atoms with Gasteiger partial charge in [-0.1, -0.05) is 13.8 Å². The van der Waals surface area contributed by atoms with Gasteiger partial charge in [0.05, 0.1) is 13.2 Å². The minimum atomic E-state index is 0.828. The van der Waals surface area contributed by atoms with Crippen LogP contribution in [-0.2, 0) is 9.47 Å². The number of rotatable bonds is 8. The Morgan fingerprint density at radius 3 is 1.33 bits per heavy atom. The number of hydrogen-bond donors (Lipinski definition) is 0. The Hall–Kier alpha value is -0.160. The molecule has 1 rings (SSSR count). The normalized spacial score (nSPS) is 17.3. The third-order valence-corrected chi connectivity index (χ3v) is 2.98. The maximum Gasteiger partial charge on any atom is 0.0593 e. The Labute approximate surface area is 113 Å². The van der Waals surface area contributed by atoms with Gasteiger partial charge >= 0.3 is 0 Å². The predicted octanol–water partition coefficient (Wildman–Crippen LogP) is 1.70. The highest BCUT2D eigenvalue weighted by molar-refractivity contribution is 4.71. The Bertz CT molecular complexity index is 142. The number of hydrogen-bond acceptors (Lipinski definition) is 4. The standard InChI is InChI=1S/C12H26N2O2.C2H6/c1-3-15-11-9-13-5-7-14(8-6-13)10-12-16-4-2;1-2/h3-12H2,1-2H3;1-2H3. The second kappa shape index (κ2) is 13.3. The van der Waals surface area contributed by atoms with Crippen molar-refractivity contribution in [2.75, 3.05) is 65.7 Å². The Morgan fingerprint density at radius 2 is 1.06 bits per heavy atom. The fourth-order valence-electron chi connectivity index (χ4n) is 1.91. The molecule has 0 spiro atoms. The van der Waals surface area contributed by atoms with Crippen LogP contribution in [0.1, 0.15) is 27.7 Å². The summed E-state index contributed by atoms with van der Waals surface area (Å²) in [5, 5.41) is 0. The Balaban J connectivity index is 0.00000137. The van der Waals surface area contributed by atoms with E-state index in [2.05, 4.69) is 9.80 Å². The fourth-order valence-corrected chi connectivity index (χ4v) is 1.91. The summed E-state index contributed by atoms with van der Waals surface area (Å²) >= 11 is 0. The molecule has 0 aromatic rings. The van der Waals surface area contributed by atoms with E-state index in [9.17, 15) is 0 Å². The van der Waals surface area contributed by atoms with Gasteiger partial charge in [0.15, 0.2) is 0 Å². The van der Waals surface area contributed by atoms with Crippen molar-refractivity contribution in [1.29, 1.82) is 0 Å². The molecule has 1 aliphatic heterocycles. The van der Waals surface area contributed by atoms with Crippen LogP contribution in [0.3, 0.4) is 0 Å². The van der Waals surface area contributed by atoms with Crippen LogP contribution in [0.25, 0.3) is 0 Å². The number of piperazine rings is 1. The van der Waals surface area contributed by atoms with E-state index in [1.165, 1.54) is 26.2 Å². The lowest BCUT2D eigenvalue weighted by Gasteiger charge is -2.34. The van der Waals surface area contributed by atoms with Crippen molar-refractivity contribution in [3.05, 3.63) is 0 Å². The van der Waals surface area contributed by atoms with Crippen molar-refractivity contribution < 1.29 is 9.47 Å². The molecule has 1 saturated heterocycles. The topological polar surface area (TPSA) is 24.9 Å². The molecule has 0 unspecified atom stereocenters. The van der Waals surface area contributed by atoms with Crippen molar-refractivity contribution in [1.82, 2.24) is 9.80 Å². The molecular weight excluding hydrogens is 228 g/mol. The quantitative estimate of drug-likeness (QED) is 0.620. The molecule has 4 nitrogen and oxygen atoms in total. The van der Waals surface area contributed by atoms with Gasteiger partial charge in [-0.2, -0.15) is 0 Å². The molecule has 0 N–H and O–H groups in total. The van der Waals surface area contributed by atoms with Crippen LogP contribution >= 0.6 is 0 Å². The predicted molar refractivity (Wildman–Crippen MR) is 77.2 cm³/mol. The van der Waals surface area contributed by atoms with Gasteiger partial charge < -0.3 is 9.47 Å². The Morgan fingerprint density at radius 1 is 0.722 bits per heavy atom. The molecule has 0 aliphatic carbocycles. The highest BCUT2D eigenvalue weighted by Crippen LogP contribution is 2.01. The van der Waals surface area contributed by atoms with Crippen molar-refractivity contribution in [2.45, 2.75) is 27.7 Å². The molecule has 0 bridgehead atoms. The minimum absolute atomic E-state index is 0.828. The summed E-state index contributed by atoms with van der Waals surface area (Å²) in [5.74, 6) is 0. The molecule has 18 heavy (non-hydrogen) atoms. The zero-order chi connectivity index (χ0) is 13.6. The average molecular weight is 260 g/mol. The first kappa shape index (κ1) is 17.8. The van der Waals surface area contributed by atoms with E-state index < -0.39 is 0 Å². The first-order chi connectivity index (χ1) is 8.86. The molecule has 0 aromatic carbocycles. The fraction of sp³-hybridized carbons (Fsp3) is 1.00. The van der Waals surface area contributed by atoms with E-state index in [0.29, 0.717) is 0 Å². The van der Waals surface area contributed by atoms with E-state index >= 15 is 0 Å². The van der Waals surface area contributed by atoms with E-state index in [1.807, 2.05) is 27.7 Å². The third kappa shape index (κ3) is 8.86. The van der Waals surface area contributed by atoms with Crippen molar-refractivity contribution in [3.63, 3.8) is 0 Å². The maximum atomic E-state index is 5.37. The second-order valence-electron chi connectivity index (χ2n) is 4.08. The van der Waals surface area contributed by atoms with Crippen molar-refractivity contribution in [3.8, 4) is 0 Å². The first-order valence-corrected chi connectivity index (χ1v) is 7.47. The zero-order valence-electron chi connectivity index (χ0n) is 12.8. The van der Waals surface area contributed by atoms with Crippen LogP contribution in [0.5, 0.6) is 0 Å². The summed E-state index contributed by atoms with van der Waals surface area (Å²) in [6.07, 6.45) is 0. The summed E-state index contributed by atoms with van der Waals surface area (Å²) in [4.78, 5) is 4.96. The van der Waals surface area contributed by atoms with Crippen LogP contribution in [0.4, 0.5) is 0 Å². The summed E-state index contributed by atoms with van der Waals surface area (Å²) in [6, 6.07) is 0. The van der Waals surface area contributed by atoms with Crippen LogP contribution in [0.2, 0.25) is 0 Å². The summed E-state index contributed by atoms with van der Waals surface area (Å²) < 4.78 is 10.7. The molecule has 0 saturated carbocycles. The molecule has 0 radical (unpaired) electrons. The smallest absolute Gasteiger partial charge is 0.0593 e. The minimum Gasteiger partial charge on any atom is -0.380 e. The van der Waals surface area contributed by atoms with E-state index in [-0.39, 0.29) is 0 Å². The molecule has 110 valence electrons. The van der Waals surface area contributed by atoms with Crippen LogP contribution in [0.15, 0.2) is 0 Å². The van der Waals surface area contributed by atoms with Crippen LogP contribution in [0, 0.1) is 0 Å². The summed E-state index contributed by atoms with van der Waals surface area (Å²) in [7, 11) is 0. The van der Waals surface area contributed by atoms with Gasteiger partial charge in [0.25, 0.3) is 0 Å².